The van der Waals surface area contributed by atoms with Crippen molar-refractivity contribution in [3.8, 4) is 0 Å². The monoisotopic (exact) mass is 430 g/mol. The molecule has 6 nitrogen and oxygen atoms in total. The number of hydrogen-bond acceptors (Lipinski definition) is 4. The van der Waals surface area contributed by atoms with E-state index in [1.165, 1.54) is 0 Å². The summed E-state index contributed by atoms with van der Waals surface area (Å²) in [6.45, 7) is 1.62. The Morgan fingerprint density at radius 1 is 1.10 bits per heavy atom. The van der Waals surface area contributed by atoms with Crippen molar-refractivity contribution in [1.29, 1.82) is 0 Å². The maximum absolute atomic E-state index is 12.5. The van der Waals surface area contributed by atoms with Crippen LogP contribution in [0.4, 0.5) is 5.69 Å². The van der Waals surface area contributed by atoms with Gasteiger partial charge in [0.2, 0.25) is 5.91 Å². The Balaban J connectivity index is 1.36. The normalized spacial score (nSPS) is 18.4. The minimum Gasteiger partial charge on any atom is -0.326 e. The topological polar surface area (TPSA) is 73.8 Å². The lowest BCUT2D eigenvalue weighted by molar-refractivity contribution is -0.119. The highest BCUT2D eigenvalue weighted by Crippen LogP contribution is 2.29. The van der Waals surface area contributed by atoms with Crippen molar-refractivity contribution in [2.45, 2.75) is 18.5 Å². The highest BCUT2D eigenvalue weighted by Gasteiger charge is 2.42. The molecule has 0 saturated carbocycles. The molecule has 4 rings (SSSR count). The van der Waals surface area contributed by atoms with E-state index in [0.29, 0.717) is 47.4 Å². The molecule has 0 unspecified atom stereocenters. The van der Waals surface area contributed by atoms with Gasteiger partial charge < -0.3 is 10.6 Å². The highest BCUT2D eigenvalue weighted by molar-refractivity contribution is 6.47. The molecule has 1 spiro atoms. The van der Waals surface area contributed by atoms with Crippen molar-refractivity contribution in [2.75, 3.05) is 25.0 Å². The number of halogens is 2. The fraction of sp³-hybridized carbons (Fsp3) is 0.286. The molecule has 2 aromatic rings. The zero-order valence-corrected chi connectivity index (χ0v) is 17.1. The number of piperidine rings is 1. The van der Waals surface area contributed by atoms with Gasteiger partial charge in [-0.3, -0.25) is 19.5 Å². The molecule has 0 radical (unpaired) electrons. The molecule has 29 heavy (non-hydrogen) atoms. The van der Waals surface area contributed by atoms with Crippen LogP contribution in [-0.4, -0.2) is 47.7 Å². The number of aliphatic imine (C=N–C) groups is 1. The predicted octanol–water partition coefficient (Wildman–Crippen LogP) is 3.34. The zero-order valence-electron chi connectivity index (χ0n) is 15.6. The van der Waals surface area contributed by atoms with E-state index in [-0.39, 0.29) is 18.4 Å². The van der Waals surface area contributed by atoms with E-state index >= 15 is 0 Å². The Labute approximate surface area is 178 Å². The van der Waals surface area contributed by atoms with Gasteiger partial charge in [0.1, 0.15) is 11.4 Å². The van der Waals surface area contributed by atoms with Crippen molar-refractivity contribution < 1.29 is 9.59 Å². The molecule has 2 heterocycles. The Kier molecular flexibility index (Phi) is 5.58. The third kappa shape index (κ3) is 4.61. The zero-order chi connectivity index (χ0) is 20.4. The van der Waals surface area contributed by atoms with Gasteiger partial charge in [-0.1, -0.05) is 41.4 Å². The number of rotatable bonds is 4. The molecule has 0 bridgehead atoms. The fourth-order valence-electron chi connectivity index (χ4n) is 3.65. The van der Waals surface area contributed by atoms with E-state index in [2.05, 4.69) is 15.5 Å². The van der Waals surface area contributed by atoms with Gasteiger partial charge in [-0.05, 0) is 30.3 Å². The lowest BCUT2D eigenvalue weighted by atomic mass is 9.98. The fourth-order valence-corrected chi connectivity index (χ4v) is 3.97. The summed E-state index contributed by atoms with van der Waals surface area (Å²) in [6, 6.07) is 14.2. The molecule has 0 aromatic heterocycles. The summed E-state index contributed by atoms with van der Waals surface area (Å²) >= 11 is 11.9. The van der Waals surface area contributed by atoms with Gasteiger partial charge in [0.15, 0.2) is 0 Å². The summed E-state index contributed by atoms with van der Waals surface area (Å²) in [7, 11) is 0. The molecular formula is C21H20Cl2N4O2. The molecule has 2 amide bonds. The first-order chi connectivity index (χ1) is 13.9. The van der Waals surface area contributed by atoms with Gasteiger partial charge >= 0.3 is 0 Å². The molecule has 2 aromatic carbocycles. The third-order valence-corrected chi connectivity index (χ3v) is 5.65. The van der Waals surface area contributed by atoms with Gasteiger partial charge in [0.25, 0.3) is 5.91 Å². The second kappa shape index (κ2) is 8.14. The largest absolute Gasteiger partial charge is 0.326 e. The molecule has 2 aliphatic heterocycles. The molecule has 2 N–H and O–H groups in total. The smallest absolute Gasteiger partial charge is 0.272 e. The summed E-state index contributed by atoms with van der Waals surface area (Å²) in [5.41, 5.74) is 1.28. The Morgan fingerprint density at radius 3 is 2.52 bits per heavy atom. The third-order valence-electron chi connectivity index (χ3n) is 5.16. The van der Waals surface area contributed by atoms with Gasteiger partial charge in [-0.25, -0.2) is 0 Å². The van der Waals surface area contributed by atoms with E-state index in [0.717, 1.165) is 5.56 Å². The molecule has 8 heteroatoms. The average Bonchev–Trinajstić information content (AvgIpc) is 3.00. The van der Waals surface area contributed by atoms with Crippen LogP contribution in [-0.2, 0) is 9.59 Å². The number of likely N-dealkylation sites (tertiary alicyclic amines) is 1. The van der Waals surface area contributed by atoms with Crippen LogP contribution in [0.1, 0.15) is 18.4 Å². The van der Waals surface area contributed by atoms with Crippen LogP contribution in [0, 0.1) is 0 Å². The minimum atomic E-state index is -0.591. The van der Waals surface area contributed by atoms with Crippen molar-refractivity contribution >= 4 is 46.4 Å². The lowest BCUT2D eigenvalue weighted by Gasteiger charge is -2.36. The SMILES string of the molecule is O=C(CN1CCC2(CC1)N=C(c1ccc(Cl)cc1)C(=O)N2)Nc1cccc(Cl)c1. The summed E-state index contributed by atoms with van der Waals surface area (Å²) < 4.78 is 0. The molecule has 2 aliphatic rings. The van der Waals surface area contributed by atoms with Crippen LogP contribution >= 0.6 is 23.2 Å². The summed E-state index contributed by atoms with van der Waals surface area (Å²) in [6.07, 6.45) is 1.31. The van der Waals surface area contributed by atoms with E-state index in [1.54, 1.807) is 48.5 Å². The predicted molar refractivity (Wildman–Crippen MR) is 115 cm³/mol. The Hall–Kier alpha value is -2.41. The van der Waals surface area contributed by atoms with Crippen LogP contribution in [0.2, 0.25) is 10.0 Å². The molecule has 0 aliphatic carbocycles. The number of benzene rings is 2. The quantitative estimate of drug-likeness (QED) is 0.780. The number of nitrogens with zero attached hydrogens (tertiary/aromatic N) is 2. The Morgan fingerprint density at radius 2 is 1.83 bits per heavy atom. The van der Waals surface area contributed by atoms with Crippen LogP contribution in [0.5, 0.6) is 0 Å². The van der Waals surface area contributed by atoms with Crippen LogP contribution in [0.15, 0.2) is 53.5 Å². The summed E-state index contributed by atoms with van der Waals surface area (Å²) in [4.78, 5) is 31.6. The first-order valence-corrected chi connectivity index (χ1v) is 10.1. The molecule has 0 atom stereocenters. The van der Waals surface area contributed by atoms with Gasteiger partial charge in [-0.15, -0.1) is 0 Å². The second-order valence-electron chi connectivity index (χ2n) is 7.29. The van der Waals surface area contributed by atoms with E-state index in [4.69, 9.17) is 28.2 Å². The van der Waals surface area contributed by atoms with E-state index in [9.17, 15) is 9.59 Å². The highest BCUT2D eigenvalue weighted by atomic mass is 35.5. The number of carbonyl (C=O) groups excluding carboxylic acids is 2. The van der Waals surface area contributed by atoms with E-state index < -0.39 is 5.66 Å². The first kappa shape index (κ1) is 19.9. The Bertz CT molecular complexity index is 967. The number of anilines is 1. The van der Waals surface area contributed by atoms with Crippen LogP contribution < -0.4 is 10.6 Å². The van der Waals surface area contributed by atoms with Crippen molar-refractivity contribution in [2.24, 2.45) is 4.99 Å². The second-order valence-corrected chi connectivity index (χ2v) is 8.16. The molecule has 1 fully saturated rings. The number of amides is 2. The maximum Gasteiger partial charge on any atom is 0.272 e. The summed E-state index contributed by atoms with van der Waals surface area (Å²) in [5.74, 6) is -0.261. The average molecular weight is 431 g/mol. The lowest BCUT2D eigenvalue weighted by Crippen LogP contribution is -2.52. The van der Waals surface area contributed by atoms with Gasteiger partial charge in [0, 0.05) is 47.2 Å². The molecule has 150 valence electrons. The van der Waals surface area contributed by atoms with Crippen molar-refractivity contribution in [3.05, 3.63) is 64.1 Å². The number of carbonyl (C=O) groups is 2. The van der Waals surface area contributed by atoms with Gasteiger partial charge in [0.05, 0.1) is 6.54 Å². The maximum atomic E-state index is 12.5. The van der Waals surface area contributed by atoms with E-state index in [1.807, 2.05) is 0 Å². The van der Waals surface area contributed by atoms with Crippen molar-refractivity contribution in [3.63, 3.8) is 0 Å². The first-order valence-electron chi connectivity index (χ1n) is 9.39. The minimum absolute atomic E-state index is 0.0935. The number of nitrogens with one attached hydrogen (secondary N) is 2. The van der Waals surface area contributed by atoms with Gasteiger partial charge in [-0.2, -0.15) is 0 Å². The van der Waals surface area contributed by atoms with Crippen LogP contribution in [0.25, 0.3) is 0 Å². The number of hydrogen-bond donors (Lipinski definition) is 2. The summed E-state index contributed by atoms with van der Waals surface area (Å²) in [5, 5.41) is 7.09. The van der Waals surface area contributed by atoms with Crippen LogP contribution in [0.3, 0.4) is 0 Å². The molecule has 1 saturated heterocycles. The molecular weight excluding hydrogens is 411 g/mol. The van der Waals surface area contributed by atoms with Crippen molar-refractivity contribution in [1.82, 2.24) is 10.2 Å². The standard InChI is InChI=1S/C21H20Cl2N4O2/c22-15-6-4-14(5-7-15)19-20(29)26-21(25-19)8-10-27(11-9-21)13-18(28)24-17-3-1-2-16(23)12-17/h1-7,12H,8-11,13H2,(H,24,28)(H,26,29).